The number of para-hydroxylation sites is 1. The van der Waals surface area contributed by atoms with Crippen LogP contribution >= 0.6 is 0 Å². The topological polar surface area (TPSA) is 99.8 Å². The number of benzene rings is 2. The number of likely N-dealkylation sites (tertiary alicyclic amines) is 1. The molecule has 0 aliphatic carbocycles. The van der Waals surface area contributed by atoms with E-state index in [1.165, 1.54) is 0 Å². The third kappa shape index (κ3) is 7.82. The van der Waals surface area contributed by atoms with Crippen molar-refractivity contribution in [3.05, 3.63) is 60.2 Å². The lowest BCUT2D eigenvalue weighted by Gasteiger charge is -2.31. The molecule has 3 N–H and O–H groups in total. The monoisotopic (exact) mass is 452 g/mol. The second kappa shape index (κ2) is 11.9. The lowest BCUT2D eigenvalue weighted by Crippen LogP contribution is -2.44. The summed E-state index contributed by atoms with van der Waals surface area (Å²) in [6, 6.07) is 16.4. The predicted octanol–water partition coefficient (Wildman–Crippen LogP) is 3.15. The molecule has 0 atom stereocenters. The molecule has 2 aromatic carbocycles. The molecule has 0 radical (unpaired) electrons. The van der Waals surface area contributed by atoms with Gasteiger partial charge in [-0.2, -0.15) is 0 Å². The van der Waals surface area contributed by atoms with Crippen LogP contribution in [-0.2, 0) is 16.1 Å². The minimum Gasteiger partial charge on any atom is -0.484 e. The Labute approximate surface area is 194 Å². The predicted molar refractivity (Wildman–Crippen MR) is 127 cm³/mol. The van der Waals surface area contributed by atoms with E-state index in [0.717, 1.165) is 5.56 Å². The molecule has 4 amide bonds. The van der Waals surface area contributed by atoms with Crippen LogP contribution in [0, 0.1) is 5.92 Å². The Bertz CT molecular complexity index is 923. The fourth-order valence-electron chi connectivity index (χ4n) is 3.61. The van der Waals surface area contributed by atoms with E-state index in [1.54, 1.807) is 4.90 Å². The number of urea groups is 1. The average molecular weight is 453 g/mol. The molecule has 8 heteroatoms. The highest BCUT2D eigenvalue weighted by atomic mass is 16.5. The van der Waals surface area contributed by atoms with Crippen LogP contribution in [0.2, 0.25) is 0 Å². The molecule has 8 nitrogen and oxygen atoms in total. The van der Waals surface area contributed by atoms with E-state index in [9.17, 15) is 14.4 Å². The number of hydrogen-bond acceptors (Lipinski definition) is 4. The first-order chi connectivity index (χ1) is 15.9. The van der Waals surface area contributed by atoms with Gasteiger partial charge in [-0.3, -0.25) is 9.59 Å². The molecule has 0 aromatic heterocycles. The van der Waals surface area contributed by atoms with Crippen molar-refractivity contribution in [3.8, 4) is 5.75 Å². The summed E-state index contributed by atoms with van der Waals surface area (Å²) in [7, 11) is 0. The second-order valence-electron chi connectivity index (χ2n) is 8.42. The number of piperidine rings is 1. The molecule has 176 valence electrons. The minimum atomic E-state index is -0.248. The maximum Gasteiger partial charge on any atom is 0.319 e. The molecule has 1 saturated heterocycles. The number of nitrogens with zero attached hydrogens (tertiary/aromatic N) is 1. The molecule has 1 aliphatic rings. The van der Waals surface area contributed by atoms with Crippen molar-refractivity contribution in [3.63, 3.8) is 0 Å². The molecular weight excluding hydrogens is 420 g/mol. The number of nitrogens with one attached hydrogen (secondary N) is 3. The van der Waals surface area contributed by atoms with E-state index in [4.69, 9.17) is 4.74 Å². The van der Waals surface area contributed by atoms with Crippen LogP contribution in [0.4, 0.5) is 10.5 Å². The molecule has 1 fully saturated rings. The first-order valence-corrected chi connectivity index (χ1v) is 11.3. The Morgan fingerprint density at radius 3 is 2.30 bits per heavy atom. The van der Waals surface area contributed by atoms with E-state index >= 15 is 0 Å². The first-order valence-electron chi connectivity index (χ1n) is 11.3. The van der Waals surface area contributed by atoms with E-state index < -0.39 is 0 Å². The number of carbonyl (C=O) groups excluding carboxylic acids is 3. The highest BCUT2D eigenvalue weighted by Crippen LogP contribution is 2.18. The number of hydrogen-bond donors (Lipinski definition) is 3. The smallest absolute Gasteiger partial charge is 0.319 e. The van der Waals surface area contributed by atoms with Crippen molar-refractivity contribution in [2.75, 3.05) is 25.0 Å². The zero-order valence-electron chi connectivity index (χ0n) is 19.2. The lowest BCUT2D eigenvalue weighted by molar-refractivity contribution is -0.137. The molecule has 0 spiro atoms. The highest BCUT2D eigenvalue weighted by Gasteiger charge is 2.27. The van der Waals surface area contributed by atoms with Crippen LogP contribution in [0.5, 0.6) is 5.75 Å². The van der Waals surface area contributed by atoms with Gasteiger partial charge in [0.05, 0.1) is 0 Å². The molecule has 1 heterocycles. The molecular formula is C25H32N4O4. The summed E-state index contributed by atoms with van der Waals surface area (Å²) in [5.74, 6) is 0.502. The zero-order valence-corrected chi connectivity index (χ0v) is 19.2. The van der Waals surface area contributed by atoms with Crippen molar-refractivity contribution in [2.24, 2.45) is 5.92 Å². The summed E-state index contributed by atoms with van der Waals surface area (Å²) in [6.45, 7) is 5.31. The van der Waals surface area contributed by atoms with Crippen molar-refractivity contribution < 1.29 is 19.1 Å². The van der Waals surface area contributed by atoms with Crippen molar-refractivity contribution in [2.45, 2.75) is 39.3 Å². The minimum absolute atomic E-state index is 0.00106. The van der Waals surface area contributed by atoms with Crippen LogP contribution < -0.4 is 20.7 Å². The maximum atomic E-state index is 12.6. The van der Waals surface area contributed by atoms with Gasteiger partial charge in [0.2, 0.25) is 5.91 Å². The molecule has 0 unspecified atom stereocenters. The van der Waals surface area contributed by atoms with Gasteiger partial charge in [-0.25, -0.2) is 4.79 Å². The summed E-state index contributed by atoms with van der Waals surface area (Å²) in [6.07, 6.45) is 1.27. The number of anilines is 1. The van der Waals surface area contributed by atoms with Gasteiger partial charge in [-0.15, -0.1) is 0 Å². The van der Waals surface area contributed by atoms with E-state index in [-0.39, 0.29) is 36.4 Å². The van der Waals surface area contributed by atoms with Crippen LogP contribution in [0.15, 0.2) is 54.6 Å². The molecule has 0 bridgehead atoms. The fourth-order valence-corrected chi connectivity index (χ4v) is 3.61. The van der Waals surface area contributed by atoms with Gasteiger partial charge >= 0.3 is 6.03 Å². The number of ether oxygens (including phenoxy) is 1. The quantitative estimate of drug-likeness (QED) is 0.573. The SMILES string of the molecule is CC(C)NC(=O)Nc1ccc(CNC(=O)C2CCN(C(=O)COc3ccccc3)CC2)cc1. The Balaban J connectivity index is 1.37. The standard InChI is InChI=1S/C25H32N4O4/c1-18(2)27-25(32)28-21-10-8-19(9-11-21)16-26-24(31)20-12-14-29(15-13-20)23(30)17-33-22-6-4-3-5-7-22/h3-11,18,20H,12-17H2,1-2H3,(H,26,31)(H2,27,28,32). The van der Waals surface area contributed by atoms with Crippen LogP contribution in [0.3, 0.4) is 0 Å². The van der Waals surface area contributed by atoms with Gasteiger partial charge in [-0.05, 0) is 56.5 Å². The Morgan fingerprint density at radius 2 is 1.67 bits per heavy atom. The van der Waals surface area contributed by atoms with Crippen molar-refractivity contribution in [1.82, 2.24) is 15.5 Å². The Kier molecular flexibility index (Phi) is 8.69. The third-order valence-corrected chi connectivity index (χ3v) is 5.42. The summed E-state index contributed by atoms with van der Waals surface area (Å²) >= 11 is 0. The van der Waals surface area contributed by atoms with Gasteiger partial charge in [0, 0.05) is 37.3 Å². The van der Waals surface area contributed by atoms with E-state index in [1.807, 2.05) is 68.4 Å². The van der Waals surface area contributed by atoms with Gasteiger partial charge in [0.1, 0.15) is 5.75 Å². The molecule has 1 aliphatic heterocycles. The highest BCUT2D eigenvalue weighted by molar-refractivity contribution is 5.89. The molecule has 2 aromatic rings. The summed E-state index contributed by atoms with van der Waals surface area (Å²) in [4.78, 5) is 38.5. The van der Waals surface area contributed by atoms with Crippen LogP contribution in [0.25, 0.3) is 0 Å². The number of amides is 4. The number of rotatable bonds is 8. The van der Waals surface area contributed by atoms with Crippen LogP contribution in [-0.4, -0.2) is 48.5 Å². The normalized spacial score (nSPS) is 14.0. The van der Waals surface area contributed by atoms with E-state index in [0.29, 0.717) is 43.9 Å². The lowest BCUT2D eigenvalue weighted by atomic mass is 9.95. The van der Waals surface area contributed by atoms with Gasteiger partial charge in [0.25, 0.3) is 5.91 Å². The summed E-state index contributed by atoms with van der Waals surface area (Å²) < 4.78 is 5.53. The second-order valence-corrected chi connectivity index (χ2v) is 8.42. The number of carbonyl (C=O) groups is 3. The summed E-state index contributed by atoms with van der Waals surface area (Å²) in [5, 5.41) is 8.52. The van der Waals surface area contributed by atoms with Gasteiger partial charge in [-0.1, -0.05) is 30.3 Å². The van der Waals surface area contributed by atoms with Crippen molar-refractivity contribution >= 4 is 23.5 Å². The Hall–Kier alpha value is -3.55. The third-order valence-electron chi connectivity index (χ3n) is 5.42. The van der Waals surface area contributed by atoms with Crippen molar-refractivity contribution in [1.29, 1.82) is 0 Å². The Morgan fingerprint density at radius 1 is 1.00 bits per heavy atom. The largest absolute Gasteiger partial charge is 0.484 e. The van der Waals surface area contributed by atoms with Crippen LogP contribution in [0.1, 0.15) is 32.3 Å². The molecule has 0 saturated carbocycles. The zero-order chi connectivity index (χ0) is 23.6. The summed E-state index contributed by atoms with van der Waals surface area (Å²) in [5.41, 5.74) is 1.64. The van der Waals surface area contributed by atoms with Gasteiger partial charge < -0.3 is 25.6 Å². The maximum absolute atomic E-state index is 12.6. The average Bonchev–Trinajstić information content (AvgIpc) is 2.82. The molecule has 33 heavy (non-hydrogen) atoms. The molecule has 3 rings (SSSR count). The first kappa shape index (κ1) is 24.1. The fraction of sp³-hybridized carbons (Fsp3) is 0.400. The van der Waals surface area contributed by atoms with Gasteiger partial charge in [0.15, 0.2) is 6.61 Å². The van der Waals surface area contributed by atoms with E-state index in [2.05, 4.69) is 16.0 Å².